The van der Waals surface area contributed by atoms with Gasteiger partial charge in [-0.2, -0.15) is 0 Å². The van der Waals surface area contributed by atoms with Gasteiger partial charge in [-0.25, -0.2) is 0 Å². The van der Waals surface area contributed by atoms with Gasteiger partial charge in [0, 0.05) is 5.02 Å². The first-order chi connectivity index (χ1) is 8.90. The summed E-state index contributed by atoms with van der Waals surface area (Å²) in [4.78, 5) is 12.0. The summed E-state index contributed by atoms with van der Waals surface area (Å²) in [6.07, 6.45) is -0.0186. The van der Waals surface area contributed by atoms with Crippen LogP contribution in [-0.4, -0.2) is 29.3 Å². The van der Waals surface area contributed by atoms with Crippen LogP contribution in [-0.2, 0) is 4.79 Å². The summed E-state index contributed by atoms with van der Waals surface area (Å²) < 4.78 is 5.51. The number of carbonyl (C=O) groups excluding carboxylic acids is 1. The lowest BCUT2D eigenvalue weighted by Crippen LogP contribution is -2.52. The minimum Gasteiger partial charge on any atom is -0.481 e. The SMILES string of the molecule is CCC(C)(CO)NC(=O)C(C)Oc1cccc(Cl)c1. The van der Waals surface area contributed by atoms with E-state index in [1.54, 1.807) is 38.1 Å². The molecule has 1 amide bonds. The molecular weight excluding hydrogens is 266 g/mol. The molecule has 0 aliphatic heterocycles. The molecule has 0 bridgehead atoms. The van der Waals surface area contributed by atoms with Gasteiger partial charge in [0.15, 0.2) is 6.10 Å². The van der Waals surface area contributed by atoms with E-state index in [0.717, 1.165) is 0 Å². The molecule has 0 aliphatic rings. The van der Waals surface area contributed by atoms with E-state index in [1.165, 1.54) is 0 Å². The minimum atomic E-state index is -0.657. The molecule has 0 radical (unpaired) electrons. The Morgan fingerprint density at radius 1 is 1.58 bits per heavy atom. The summed E-state index contributed by atoms with van der Waals surface area (Å²) in [6, 6.07) is 6.88. The number of rotatable bonds is 6. The fraction of sp³-hybridized carbons (Fsp3) is 0.500. The summed E-state index contributed by atoms with van der Waals surface area (Å²) in [6.45, 7) is 5.23. The summed E-state index contributed by atoms with van der Waals surface area (Å²) in [5.74, 6) is 0.274. The average molecular weight is 286 g/mol. The molecule has 2 N–H and O–H groups in total. The third-order valence-corrected chi connectivity index (χ3v) is 3.27. The van der Waals surface area contributed by atoms with Gasteiger partial charge < -0.3 is 15.2 Å². The van der Waals surface area contributed by atoms with Crippen LogP contribution in [0.2, 0.25) is 5.02 Å². The van der Waals surface area contributed by atoms with Crippen LogP contribution in [0.4, 0.5) is 0 Å². The number of ether oxygens (including phenoxy) is 1. The first-order valence-corrected chi connectivity index (χ1v) is 6.63. The highest BCUT2D eigenvalue weighted by Gasteiger charge is 2.26. The minimum absolute atomic E-state index is 0.112. The number of aliphatic hydroxyl groups excluding tert-OH is 1. The molecule has 0 saturated heterocycles. The molecule has 0 heterocycles. The quantitative estimate of drug-likeness (QED) is 0.844. The second kappa shape index (κ2) is 6.78. The fourth-order valence-electron chi connectivity index (χ4n) is 1.44. The Morgan fingerprint density at radius 2 is 2.26 bits per heavy atom. The van der Waals surface area contributed by atoms with Crippen LogP contribution in [0.5, 0.6) is 5.75 Å². The molecule has 1 aromatic carbocycles. The van der Waals surface area contributed by atoms with Gasteiger partial charge in [-0.3, -0.25) is 4.79 Å². The van der Waals surface area contributed by atoms with E-state index in [4.69, 9.17) is 16.3 Å². The van der Waals surface area contributed by atoms with Crippen molar-refractivity contribution in [2.75, 3.05) is 6.61 Å². The Bertz CT molecular complexity index is 432. The average Bonchev–Trinajstić information content (AvgIpc) is 2.38. The van der Waals surface area contributed by atoms with E-state index in [1.807, 2.05) is 6.92 Å². The number of carbonyl (C=O) groups is 1. The zero-order valence-corrected chi connectivity index (χ0v) is 12.2. The number of halogens is 1. The van der Waals surface area contributed by atoms with Crippen molar-refractivity contribution < 1.29 is 14.6 Å². The van der Waals surface area contributed by atoms with Crippen molar-refractivity contribution >= 4 is 17.5 Å². The van der Waals surface area contributed by atoms with Gasteiger partial charge in [-0.15, -0.1) is 0 Å². The molecule has 0 aliphatic carbocycles. The maximum absolute atomic E-state index is 12.0. The molecule has 1 aromatic rings. The number of amides is 1. The van der Waals surface area contributed by atoms with Gasteiger partial charge in [-0.05, 0) is 38.5 Å². The number of nitrogens with one attached hydrogen (secondary N) is 1. The van der Waals surface area contributed by atoms with Gasteiger partial charge >= 0.3 is 0 Å². The van der Waals surface area contributed by atoms with Crippen molar-refractivity contribution in [3.8, 4) is 5.75 Å². The smallest absolute Gasteiger partial charge is 0.261 e. The topological polar surface area (TPSA) is 58.6 Å². The van der Waals surface area contributed by atoms with Crippen molar-refractivity contribution in [1.29, 1.82) is 0 Å². The third-order valence-electron chi connectivity index (χ3n) is 3.03. The van der Waals surface area contributed by atoms with Crippen molar-refractivity contribution in [3.05, 3.63) is 29.3 Å². The Morgan fingerprint density at radius 3 is 2.79 bits per heavy atom. The molecular formula is C14H20ClNO3. The standard InChI is InChI=1S/C14H20ClNO3/c1-4-14(3,9-17)16-13(18)10(2)19-12-7-5-6-11(15)8-12/h5-8,10,17H,4,9H2,1-3H3,(H,16,18). The predicted molar refractivity (Wildman–Crippen MR) is 75.5 cm³/mol. The number of benzene rings is 1. The van der Waals surface area contributed by atoms with Crippen LogP contribution in [0, 0.1) is 0 Å². The van der Waals surface area contributed by atoms with Crippen LogP contribution in [0.1, 0.15) is 27.2 Å². The van der Waals surface area contributed by atoms with Crippen LogP contribution in [0.15, 0.2) is 24.3 Å². The molecule has 1 rings (SSSR count). The maximum atomic E-state index is 12.0. The van der Waals surface area contributed by atoms with E-state index in [9.17, 15) is 9.90 Å². The normalized spacial score (nSPS) is 15.4. The first kappa shape index (κ1) is 15.8. The van der Waals surface area contributed by atoms with Gasteiger partial charge in [0.05, 0.1) is 12.1 Å². The lowest BCUT2D eigenvalue weighted by Gasteiger charge is -2.28. The molecule has 4 nitrogen and oxygen atoms in total. The first-order valence-electron chi connectivity index (χ1n) is 6.25. The molecule has 2 unspecified atom stereocenters. The number of hydrogen-bond acceptors (Lipinski definition) is 3. The summed E-state index contributed by atoms with van der Waals surface area (Å²) in [5.41, 5.74) is -0.622. The van der Waals surface area contributed by atoms with Crippen molar-refractivity contribution in [2.45, 2.75) is 38.8 Å². The van der Waals surface area contributed by atoms with Crippen LogP contribution in [0.25, 0.3) is 0 Å². The monoisotopic (exact) mass is 285 g/mol. The van der Waals surface area contributed by atoms with Crippen LogP contribution in [0.3, 0.4) is 0 Å². The van der Waals surface area contributed by atoms with E-state index < -0.39 is 11.6 Å². The Hall–Kier alpha value is -1.26. The molecule has 0 aromatic heterocycles. The zero-order valence-electron chi connectivity index (χ0n) is 11.4. The summed E-state index contributed by atoms with van der Waals surface area (Å²) in [5, 5.41) is 12.6. The molecule has 0 saturated carbocycles. The van der Waals surface area contributed by atoms with Gasteiger partial charge in [0.1, 0.15) is 5.75 Å². The van der Waals surface area contributed by atoms with Crippen molar-refractivity contribution in [3.63, 3.8) is 0 Å². The van der Waals surface area contributed by atoms with E-state index in [0.29, 0.717) is 17.2 Å². The number of aliphatic hydroxyl groups is 1. The number of hydrogen-bond donors (Lipinski definition) is 2. The Labute approximate surface area is 118 Å². The Balaban J connectivity index is 2.63. The fourth-order valence-corrected chi connectivity index (χ4v) is 1.62. The van der Waals surface area contributed by atoms with Gasteiger partial charge in [0.2, 0.25) is 0 Å². The molecule has 19 heavy (non-hydrogen) atoms. The highest BCUT2D eigenvalue weighted by molar-refractivity contribution is 6.30. The lowest BCUT2D eigenvalue weighted by atomic mass is 10.00. The summed E-state index contributed by atoms with van der Waals surface area (Å²) >= 11 is 5.85. The lowest BCUT2D eigenvalue weighted by molar-refractivity contribution is -0.129. The van der Waals surface area contributed by atoms with Crippen molar-refractivity contribution in [1.82, 2.24) is 5.32 Å². The Kier molecular flexibility index (Phi) is 5.63. The van der Waals surface area contributed by atoms with E-state index >= 15 is 0 Å². The van der Waals surface area contributed by atoms with Gasteiger partial charge in [0.25, 0.3) is 5.91 Å². The highest BCUT2D eigenvalue weighted by Crippen LogP contribution is 2.18. The highest BCUT2D eigenvalue weighted by atomic mass is 35.5. The molecule has 106 valence electrons. The summed E-state index contributed by atoms with van der Waals surface area (Å²) in [7, 11) is 0. The van der Waals surface area contributed by atoms with Gasteiger partial charge in [-0.1, -0.05) is 24.6 Å². The second-order valence-electron chi connectivity index (χ2n) is 4.78. The largest absolute Gasteiger partial charge is 0.481 e. The zero-order chi connectivity index (χ0) is 14.5. The maximum Gasteiger partial charge on any atom is 0.261 e. The van der Waals surface area contributed by atoms with E-state index in [2.05, 4.69) is 5.32 Å². The van der Waals surface area contributed by atoms with E-state index in [-0.39, 0.29) is 12.5 Å². The van der Waals surface area contributed by atoms with Crippen LogP contribution < -0.4 is 10.1 Å². The molecule has 0 fully saturated rings. The second-order valence-corrected chi connectivity index (χ2v) is 5.22. The predicted octanol–water partition coefficient (Wildman–Crippen LogP) is 2.38. The van der Waals surface area contributed by atoms with Crippen molar-refractivity contribution in [2.24, 2.45) is 0 Å². The molecule has 0 spiro atoms. The molecule has 2 atom stereocenters. The molecule has 5 heteroatoms. The third kappa shape index (κ3) is 4.73. The van der Waals surface area contributed by atoms with Crippen LogP contribution >= 0.6 is 11.6 Å².